The quantitative estimate of drug-likeness (QED) is 0.678. The standard InChI is InChI=1S/C22H22N4O3/c27-20(23-17-6-2-1-3-7-17)16-25-12-14-26(15-13-25)22(28)11-10-21-24-18-8-4-5-9-19(18)29-21/h1-11H,12-16H2,(H,23,27)/b11-10+. The predicted octanol–water partition coefficient (Wildman–Crippen LogP) is 2.62. The zero-order valence-electron chi connectivity index (χ0n) is 16.0. The molecule has 1 aliphatic heterocycles. The first-order valence-electron chi connectivity index (χ1n) is 9.57. The topological polar surface area (TPSA) is 78.7 Å². The summed E-state index contributed by atoms with van der Waals surface area (Å²) in [6.07, 6.45) is 3.09. The Balaban J connectivity index is 1.25. The minimum atomic E-state index is -0.0827. The monoisotopic (exact) mass is 390 g/mol. The van der Waals surface area contributed by atoms with E-state index in [0.29, 0.717) is 44.2 Å². The normalized spacial score (nSPS) is 15.1. The van der Waals surface area contributed by atoms with Crippen LogP contribution < -0.4 is 5.32 Å². The van der Waals surface area contributed by atoms with E-state index in [1.54, 1.807) is 11.0 Å². The highest BCUT2D eigenvalue weighted by molar-refractivity contribution is 5.93. The Hall–Kier alpha value is -3.45. The molecule has 3 aromatic rings. The molecule has 2 heterocycles. The summed E-state index contributed by atoms with van der Waals surface area (Å²) in [5.74, 6) is 0.281. The Morgan fingerprint density at radius 2 is 1.72 bits per heavy atom. The van der Waals surface area contributed by atoms with Crippen molar-refractivity contribution < 1.29 is 14.0 Å². The lowest BCUT2D eigenvalue weighted by molar-refractivity contribution is -0.127. The number of nitrogens with zero attached hydrogens (tertiary/aromatic N) is 3. The van der Waals surface area contributed by atoms with Crippen LogP contribution in [0, 0.1) is 0 Å². The maximum Gasteiger partial charge on any atom is 0.246 e. The zero-order valence-corrected chi connectivity index (χ0v) is 16.0. The van der Waals surface area contributed by atoms with Crippen LogP contribution in [0.4, 0.5) is 5.69 Å². The number of hydrogen-bond donors (Lipinski definition) is 1. The summed E-state index contributed by atoms with van der Waals surface area (Å²) in [5, 5.41) is 2.88. The highest BCUT2D eigenvalue weighted by Gasteiger charge is 2.21. The molecule has 7 nitrogen and oxygen atoms in total. The molecule has 0 unspecified atom stereocenters. The number of aromatic nitrogens is 1. The van der Waals surface area contributed by atoms with Gasteiger partial charge in [0.05, 0.1) is 6.54 Å². The fourth-order valence-electron chi connectivity index (χ4n) is 3.26. The highest BCUT2D eigenvalue weighted by atomic mass is 16.3. The van der Waals surface area contributed by atoms with Crippen molar-refractivity contribution in [2.45, 2.75) is 0 Å². The molecule has 1 aliphatic rings. The summed E-state index contributed by atoms with van der Waals surface area (Å²) in [6, 6.07) is 16.9. The van der Waals surface area contributed by atoms with E-state index < -0.39 is 0 Å². The highest BCUT2D eigenvalue weighted by Crippen LogP contribution is 2.15. The Labute approximate surface area is 168 Å². The Morgan fingerprint density at radius 3 is 2.48 bits per heavy atom. The lowest BCUT2D eigenvalue weighted by atomic mass is 10.3. The van der Waals surface area contributed by atoms with Crippen LogP contribution >= 0.6 is 0 Å². The van der Waals surface area contributed by atoms with Gasteiger partial charge in [0.25, 0.3) is 0 Å². The van der Waals surface area contributed by atoms with Crippen molar-refractivity contribution in [1.82, 2.24) is 14.8 Å². The number of oxazole rings is 1. The number of amides is 2. The molecule has 0 spiro atoms. The smallest absolute Gasteiger partial charge is 0.246 e. The molecule has 1 saturated heterocycles. The maximum atomic E-state index is 12.4. The van der Waals surface area contributed by atoms with E-state index in [4.69, 9.17) is 4.42 Å². The van der Waals surface area contributed by atoms with E-state index in [2.05, 4.69) is 10.3 Å². The van der Waals surface area contributed by atoms with E-state index >= 15 is 0 Å². The summed E-state index contributed by atoms with van der Waals surface area (Å²) in [7, 11) is 0. The molecule has 1 N–H and O–H groups in total. The number of benzene rings is 2. The SMILES string of the molecule is O=C(CN1CCN(C(=O)/C=C/c2nc3ccccc3o2)CC1)Nc1ccccc1. The van der Waals surface area contributed by atoms with Crippen molar-refractivity contribution in [1.29, 1.82) is 0 Å². The van der Waals surface area contributed by atoms with Gasteiger partial charge < -0.3 is 14.6 Å². The van der Waals surface area contributed by atoms with Crippen LogP contribution in [-0.4, -0.2) is 59.3 Å². The number of fused-ring (bicyclic) bond motifs is 1. The Morgan fingerprint density at radius 1 is 1.00 bits per heavy atom. The largest absolute Gasteiger partial charge is 0.437 e. The van der Waals surface area contributed by atoms with Crippen LogP contribution in [0.15, 0.2) is 65.1 Å². The minimum absolute atomic E-state index is 0.0492. The van der Waals surface area contributed by atoms with Gasteiger partial charge in [-0.2, -0.15) is 0 Å². The van der Waals surface area contributed by atoms with Crippen molar-refractivity contribution >= 4 is 34.7 Å². The molecule has 1 fully saturated rings. The molecule has 2 aromatic carbocycles. The molecule has 0 saturated carbocycles. The minimum Gasteiger partial charge on any atom is -0.437 e. The van der Waals surface area contributed by atoms with Crippen molar-refractivity contribution in [2.75, 3.05) is 38.0 Å². The first-order chi connectivity index (χ1) is 14.2. The molecular formula is C22H22N4O3. The summed E-state index contributed by atoms with van der Waals surface area (Å²) in [5.41, 5.74) is 2.25. The average Bonchev–Trinajstić information content (AvgIpc) is 3.16. The number of rotatable bonds is 5. The van der Waals surface area contributed by atoms with Crippen LogP contribution in [-0.2, 0) is 9.59 Å². The van der Waals surface area contributed by atoms with E-state index in [9.17, 15) is 9.59 Å². The van der Waals surface area contributed by atoms with Gasteiger partial charge in [-0.05, 0) is 24.3 Å². The molecule has 148 valence electrons. The lowest BCUT2D eigenvalue weighted by Crippen LogP contribution is -2.50. The van der Waals surface area contributed by atoms with Crippen molar-refractivity contribution in [3.63, 3.8) is 0 Å². The van der Waals surface area contributed by atoms with Gasteiger partial charge >= 0.3 is 0 Å². The van der Waals surface area contributed by atoms with E-state index in [1.807, 2.05) is 59.5 Å². The molecule has 0 atom stereocenters. The third kappa shape index (κ3) is 4.89. The van der Waals surface area contributed by atoms with E-state index in [-0.39, 0.29) is 11.8 Å². The fourth-order valence-corrected chi connectivity index (χ4v) is 3.26. The lowest BCUT2D eigenvalue weighted by Gasteiger charge is -2.33. The van der Waals surface area contributed by atoms with Gasteiger partial charge in [-0.1, -0.05) is 30.3 Å². The van der Waals surface area contributed by atoms with E-state index in [1.165, 1.54) is 6.08 Å². The molecule has 2 amide bonds. The third-order valence-electron chi connectivity index (χ3n) is 4.79. The second-order valence-electron chi connectivity index (χ2n) is 6.87. The molecule has 4 rings (SSSR count). The van der Waals surface area contributed by atoms with Crippen molar-refractivity contribution in [2.24, 2.45) is 0 Å². The maximum absolute atomic E-state index is 12.4. The van der Waals surface area contributed by atoms with Crippen molar-refractivity contribution in [3.8, 4) is 0 Å². The number of nitrogens with one attached hydrogen (secondary N) is 1. The number of anilines is 1. The second-order valence-corrected chi connectivity index (χ2v) is 6.87. The molecule has 0 bridgehead atoms. The molecule has 29 heavy (non-hydrogen) atoms. The molecule has 7 heteroatoms. The molecule has 1 aromatic heterocycles. The van der Waals surface area contributed by atoms with Crippen LogP contribution in [0.2, 0.25) is 0 Å². The average molecular weight is 390 g/mol. The number of piperazine rings is 1. The van der Waals surface area contributed by atoms with Gasteiger partial charge in [0.1, 0.15) is 5.52 Å². The van der Waals surface area contributed by atoms with Gasteiger partial charge in [-0.3, -0.25) is 14.5 Å². The van der Waals surface area contributed by atoms with E-state index in [0.717, 1.165) is 11.2 Å². The van der Waals surface area contributed by atoms with Gasteiger partial charge in [0, 0.05) is 44.0 Å². The van der Waals surface area contributed by atoms with Crippen LogP contribution in [0.1, 0.15) is 5.89 Å². The van der Waals surface area contributed by atoms with Gasteiger partial charge in [-0.15, -0.1) is 0 Å². The first-order valence-corrected chi connectivity index (χ1v) is 9.57. The number of carbonyl (C=O) groups is 2. The van der Waals surface area contributed by atoms with Crippen LogP contribution in [0.3, 0.4) is 0 Å². The van der Waals surface area contributed by atoms with Crippen LogP contribution in [0.25, 0.3) is 17.2 Å². The Bertz CT molecular complexity index is 988. The van der Waals surface area contributed by atoms with Crippen molar-refractivity contribution in [3.05, 3.63) is 66.6 Å². The molecular weight excluding hydrogens is 368 g/mol. The van der Waals surface area contributed by atoms with Crippen LogP contribution in [0.5, 0.6) is 0 Å². The predicted molar refractivity (Wildman–Crippen MR) is 111 cm³/mol. The summed E-state index contributed by atoms with van der Waals surface area (Å²) in [6.45, 7) is 2.79. The second kappa shape index (κ2) is 8.70. The summed E-state index contributed by atoms with van der Waals surface area (Å²) in [4.78, 5) is 32.7. The molecule has 0 aliphatic carbocycles. The fraction of sp³-hybridized carbons (Fsp3) is 0.227. The summed E-state index contributed by atoms with van der Waals surface area (Å²) < 4.78 is 5.59. The number of para-hydroxylation sites is 3. The van der Waals surface area contributed by atoms with Gasteiger partial charge in [0.15, 0.2) is 5.58 Å². The number of carbonyl (C=O) groups excluding carboxylic acids is 2. The Kier molecular flexibility index (Phi) is 5.67. The number of hydrogen-bond acceptors (Lipinski definition) is 5. The first kappa shape index (κ1) is 18.9. The summed E-state index contributed by atoms with van der Waals surface area (Å²) >= 11 is 0. The van der Waals surface area contributed by atoms with Gasteiger partial charge in [0.2, 0.25) is 17.7 Å². The third-order valence-corrected chi connectivity index (χ3v) is 4.79. The molecule has 0 radical (unpaired) electrons. The van der Waals surface area contributed by atoms with Gasteiger partial charge in [-0.25, -0.2) is 4.98 Å². The zero-order chi connectivity index (χ0) is 20.1.